The number of nitriles is 1. The predicted octanol–water partition coefficient (Wildman–Crippen LogP) is 3.35. The van der Waals surface area contributed by atoms with Crippen LogP contribution in [-0.2, 0) is 11.2 Å². The number of carboxylic acid groups (broad SMARTS) is 1. The standard InChI is InChI=1S/C16H14N2O2S/c1-10-7-11(2)18-16(14(10)9-17)21-13-5-3-12(4-6-13)8-15(19)20/h3-7H,8H2,1-2H3,(H,19,20). The molecule has 0 unspecified atom stereocenters. The van der Waals surface area contributed by atoms with E-state index < -0.39 is 5.97 Å². The number of aliphatic carboxylic acids is 1. The lowest BCUT2D eigenvalue weighted by Crippen LogP contribution is -1.99. The van der Waals surface area contributed by atoms with Crippen LogP contribution < -0.4 is 0 Å². The summed E-state index contributed by atoms with van der Waals surface area (Å²) in [6.07, 6.45) is 0.0101. The molecule has 0 saturated heterocycles. The van der Waals surface area contributed by atoms with Crippen LogP contribution in [0.15, 0.2) is 40.3 Å². The van der Waals surface area contributed by atoms with Crippen LogP contribution in [0.1, 0.15) is 22.4 Å². The number of hydrogen-bond donors (Lipinski definition) is 1. The first-order valence-corrected chi connectivity index (χ1v) is 7.18. The molecule has 0 amide bonds. The first-order valence-electron chi connectivity index (χ1n) is 6.36. The Kier molecular flexibility index (Phi) is 4.61. The van der Waals surface area contributed by atoms with E-state index in [-0.39, 0.29) is 6.42 Å². The molecule has 106 valence electrons. The van der Waals surface area contributed by atoms with Crippen molar-refractivity contribution in [3.63, 3.8) is 0 Å². The summed E-state index contributed by atoms with van der Waals surface area (Å²) in [7, 11) is 0. The minimum Gasteiger partial charge on any atom is -0.481 e. The summed E-state index contributed by atoms with van der Waals surface area (Å²) in [5.41, 5.74) is 3.12. The van der Waals surface area contributed by atoms with Crippen molar-refractivity contribution in [3.8, 4) is 6.07 Å². The zero-order valence-electron chi connectivity index (χ0n) is 11.8. The fraction of sp³-hybridized carbons (Fsp3) is 0.188. The van der Waals surface area contributed by atoms with Crippen LogP contribution in [0.25, 0.3) is 0 Å². The third-order valence-electron chi connectivity index (χ3n) is 2.92. The maximum atomic E-state index is 10.7. The number of carbonyl (C=O) groups is 1. The van der Waals surface area contributed by atoms with Gasteiger partial charge in [-0.05, 0) is 43.2 Å². The van der Waals surface area contributed by atoms with Gasteiger partial charge in [0.1, 0.15) is 11.1 Å². The molecule has 1 heterocycles. The quantitative estimate of drug-likeness (QED) is 0.937. The van der Waals surface area contributed by atoms with Gasteiger partial charge in [0, 0.05) is 10.6 Å². The van der Waals surface area contributed by atoms with Gasteiger partial charge in [-0.25, -0.2) is 4.98 Å². The predicted molar refractivity (Wildman–Crippen MR) is 80.3 cm³/mol. The monoisotopic (exact) mass is 298 g/mol. The fourth-order valence-electron chi connectivity index (χ4n) is 1.97. The summed E-state index contributed by atoms with van der Waals surface area (Å²) in [6.45, 7) is 3.79. The zero-order chi connectivity index (χ0) is 15.4. The van der Waals surface area contributed by atoms with Gasteiger partial charge in [0.15, 0.2) is 0 Å². The summed E-state index contributed by atoms with van der Waals surface area (Å²) in [5.74, 6) is -0.849. The molecule has 1 aromatic heterocycles. The molecule has 4 nitrogen and oxygen atoms in total. The van der Waals surface area contributed by atoms with E-state index in [9.17, 15) is 10.1 Å². The number of nitrogens with zero attached hydrogens (tertiary/aromatic N) is 2. The summed E-state index contributed by atoms with van der Waals surface area (Å²) in [6, 6.07) is 11.3. The summed E-state index contributed by atoms with van der Waals surface area (Å²) >= 11 is 1.41. The second-order valence-corrected chi connectivity index (χ2v) is 5.75. The molecule has 0 aliphatic heterocycles. The van der Waals surface area contributed by atoms with Crippen molar-refractivity contribution in [2.75, 3.05) is 0 Å². The van der Waals surface area contributed by atoms with Gasteiger partial charge in [0.25, 0.3) is 0 Å². The van der Waals surface area contributed by atoms with Gasteiger partial charge >= 0.3 is 5.97 Å². The molecule has 2 aromatic rings. The molecule has 0 fully saturated rings. The molecule has 0 radical (unpaired) electrons. The average Bonchev–Trinajstić information content (AvgIpc) is 2.40. The Morgan fingerprint density at radius 2 is 2.00 bits per heavy atom. The highest BCUT2D eigenvalue weighted by atomic mass is 32.2. The van der Waals surface area contributed by atoms with E-state index in [0.717, 1.165) is 21.7 Å². The van der Waals surface area contributed by atoms with Crippen LogP contribution in [0.2, 0.25) is 0 Å². The van der Waals surface area contributed by atoms with Crippen molar-refractivity contribution in [3.05, 3.63) is 52.7 Å². The van der Waals surface area contributed by atoms with Crippen molar-refractivity contribution in [1.29, 1.82) is 5.26 Å². The molecular weight excluding hydrogens is 284 g/mol. The highest BCUT2D eigenvalue weighted by Gasteiger charge is 2.10. The highest BCUT2D eigenvalue weighted by molar-refractivity contribution is 7.99. The Labute approximate surface area is 127 Å². The average molecular weight is 298 g/mol. The van der Waals surface area contributed by atoms with Crippen LogP contribution in [0.4, 0.5) is 0 Å². The zero-order valence-corrected chi connectivity index (χ0v) is 12.6. The normalized spacial score (nSPS) is 10.1. The lowest BCUT2D eigenvalue weighted by atomic mass is 10.1. The Hall–Kier alpha value is -2.32. The number of carboxylic acids is 1. The second kappa shape index (κ2) is 6.42. The highest BCUT2D eigenvalue weighted by Crippen LogP contribution is 2.30. The van der Waals surface area contributed by atoms with Crippen molar-refractivity contribution >= 4 is 17.7 Å². The molecule has 0 aliphatic rings. The van der Waals surface area contributed by atoms with E-state index in [2.05, 4.69) is 11.1 Å². The van der Waals surface area contributed by atoms with Crippen molar-refractivity contribution in [2.24, 2.45) is 0 Å². The molecule has 2 rings (SSSR count). The molecule has 0 spiro atoms. The van der Waals surface area contributed by atoms with E-state index in [1.54, 1.807) is 12.1 Å². The third-order valence-corrected chi connectivity index (χ3v) is 3.91. The largest absolute Gasteiger partial charge is 0.481 e. The SMILES string of the molecule is Cc1cc(C)c(C#N)c(Sc2ccc(CC(=O)O)cc2)n1. The first-order chi connectivity index (χ1) is 9.99. The third kappa shape index (κ3) is 3.83. The summed E-state index contributed by atoms with van der Waals surface area (Å²) < 4.78 is 0. The van der Waals surface area contributed by atoms with Crippen LogP contribution in [0.5, 0.6) is 0 Å². The lowest BCUT2D eigenvalue weighted by Gasteiger charge is -2.07. The van der Waals surface area contributed by atoms with Gasteiger partial charge in [-0.2, -0.15) is 5.26 Å². The summed E-state index contributed by atoms with van der Waals surface area (Å²) in [5, 5.41) is 18.7. The fourth-order valence-corrected chi connectivity index (χ4v) is 2.97. The minimum absolute atomic E-state index is 0.0101. The van der Waals surface area contributed by atoms with Crippen molar-refractivity contribution in [2.45, 2.75) is 30.2 Å². The van der Waals surface area contributed by atoms with Crippen LogP contribution in [0, 0.1) is 25.2 Å². The van der Waals surface area contributed by atoms with Gasteiger partial charge in [0.2, 0.25) is 0 Å². The first kappa shape index (κ1) is 15.1. The van der Waals surface area contributed by atoms with E-state index in [4.69, 9.17) is 5.11 Å². The van der Waals surface area contributed by atoms with Crippen LogP contribution in [-0.4, -0.2) is 16.1 Å². The second-order valence-electron chi connectivity index (χ2n) is 4.69. The maximum Gasteiger partial charge on any atom is 0.307 e. The number of hydrogen-bond acceptors (Lipinski definition) is 4. The molecule has 0 saturated carbocycles. The van der Waals surface area contributed by atoms with E-state index in [0.29, 0.717) is 10.6 Å². The molecule has 1 aromatic carbocycles. The number of aryl methyl sites for hydroxylation is 2. The molecular formula is C16H14N2O2S. The van der Waals surface area contributed by atoms with Gasteiger partial charge < -0.3 is 5.11 Å². The van der Waals surface area contributed by atoms with Gasteiger partial charge in [-0.1, -0.05) is 23.9 Å². The molecule has 0 aliphatic carbocycles. The Balaban J connectivity index is 2.26. The minimum atomic E-state index is -0.849. The number of aromatic nitrogens is 1. The maximum absolute atomic E-state index is 10.7. The summed E-state index contributed by atoms with van der Waals surface area (Å²) in [4.78, 5) is 16.0. The van der Waals surface area contributed by atoms with Crippen molar-refractivity contribution < 1.29 is 9.90 Å². The van der Waals surface area contributed by atoms with E-state index in [1.165, 1.54) is 11.8 Å². The number of rotatable bonds is 4. The topological polar surface area (TPSA) is 74.0 Å². The van der Waals surface area contributed by atoms with E-state index >= 15 is 0 Å². The van der Waals surface area contributed by atoms with Crippen LogP contribution >= 0.6 is 11.8 Å². The van der Waals surface area contributed by atoms with Gasteiger partial charge in [0.05, 0.1) is 12.0 Å². The number of pyridine rings is 1. The Morgan fingerprint density at radius 3 is 2.57 bits per heavy atom. The molecule has 5 heteroatoms. The van der Waals surface area contributed by atoms with Crippen LogP contribution in [0.3, 0.4) is 0 Å². The van der Waals surface area contributed by atoms with Crippen molar-refractivity contribution in [1.82, 2.24) is 4.98 Å². The molecule has 0 atom stereocenters. The molecule has 1 N–H and O–H groups in total. The van der Waals surface area contributed by atoms with Gasteiger partial charge in [-0.3, -0.25) is 4.79 Å². The molecule has 21 heavy (non-hydrogen) atoms. The van der Waals surface area contributed by atoms with E-state index in [1.807, 2.05) is 32.0 Å². The molecule has 0 bridgehead atoms. The Bertz CT molecular complexity index is 718. The Morgan fingerprint density at radius 1 is 1.33 bits per heavy atom. The van der Waals surface area contributed by atoms with Gasteiger partial charge in [-0.15, -0.1) is 0 Å². The smallest absolute Gasteiger partial charge is 0.307 e. The lowest BCUT2D eigenvalue weighted by molar-refractivity contribution is -0.136. The number of benzene rings is 1.